The minimum absolute atomic E-state index is 0.194. The number of fused-ring (bicyclic) bond motifs is 1. The van der Waals surface area contributed by atoms with Crippen molar-refractivity contribution >= 4 is 40.0 Å². The highest BCUT2D eigenvalue weighted by Crippen LogP contribution is 2.41. The Morgan fingerprint density at radius 3 is 2.42 bits per heavy atom. The predicted octanol–water partition coefficient (Wildman–Crippen LogP) is 5.18. The van der Waals surface area contributed by atoms with Crippen molar-refractivity contribution in [1.29, 1.82) is 0 Å². The van der Waals surface area contributed by atoms with Crippen molar-refractivity contribution in [2.24, 2.45) is 0 Å². The molecule has 0 saturated carbocycles. The molecule has 0 fully saturated rings. The molecule has 2 aromatic carbocycles. The van der Waals surface area contributed by atoms with E-state index in [1.165, 1.54) is 27.6 Å². The van der Waals surface area contributed by atoms with Crippen molar-refractivity contribution in [1.82, 2.24) is 10.3 Å². The molecule has 9 heteroatoms. The van der Waals surface area contributed by atoms with Gasteiger partial charge in [-0.1, -0.05) is 29.8 Å². The van der Waals surface area contributed by atoms with Crippen LogP contribution in [0, 0.1) is 0 Å². The number of pyridine rings is 1. The van der Waals surface area contributed by atoms with Gasteiger partial charge in [-0.25, -0.2) is 4.98 Å². The molecular formula is C24H22ClN3O5. The summed E-state index contributed by atoms with van der Waals surface area (Å²) >= 11 is 6.18. The first-order valence-electron chi connectivity index (χ1n) is 10.0. The summed E-state index contributed by atoms with van der Waals surface area (Å²) in [4.78, 5) is 17.4. The van der Waals surface area contributed by atoms with Crippen molar-refractivity contribution < 1.29 is 23.4 Å². The fourth-order valence-electron chi connectivity index (χ4n) is 3.37. The van der Waals surface area contributed by atoms with Crippen LogP contribution >= 0.6 is 11.6 Å². The number of furan rings is 1. The molecule has 0 spiro atoms. The van der Waals surface area contributed by atoms with Crippen LogP contribution in [0.5, 0.6) is 17.2 Å². The number of hydrogen-bond donors (Lipinski definition) is 2. The second kappa shape index (κ2) is 9.70. The molecular weight excluding hydrogens is 446 g/mol. The molecule has 0 aliphatic heterocycles. The van der Waals surface area contributed by atoms with Gasteiger partial charge in [-0.05, 0) is 17.7 Å². The summed E-state index contributed by atoms with van der Waals surface area (Å²) < 4.78 is 21.8. The van der Waals surface area contributed by atoms with Gasteiger partial charge < -0.3 is 29.3 Å². The second-order valence-corrected chi connectivity index (χ2v) is 7.41. The summed E-state index contributed by atoms with van der Waals surface area (Å²) in [5.41, 5.74) is 2.15. The smallest absolute Gasteiger partial charge is 0.270 e. The Morgan fingerprint density at radius 2 is 1.76 bits per heavy atom. The van der Waals surface area contributed by atoms with Crippen LogP contribution in [0.4, 0.5) is 11.5 Å². The number of ether oxygens (including phenoxy) is 3. The molecule has 0 bridgehead atoms. The van der Waals surface area contributed by atoms with Crippen LogP contribution in [0.3, 0.4) is 0 Å². The molecule has 2 aromatic heterocycles. The highest BCUT2D eigenvalue weighted by Gasteiger charge is 2.17. The average Bonchev–Trinajstić information content (AvgIpc) is 3.31. The molecule has 8 nitrogen and oxygen atoms in total. The summed E-state index contributed by atoms with van der Waals surface area (Å²) in [7, 11) is 4.61. The van der Waals surface area contributed by atoms with Gasteiger partial charge in [-0.15, -0.1) is 0 Å². The van der Waals surface area contributed by atoms with Crippen LogP contribution in [-0.2, 0) is 6.54 Å². The number of rotatable bonds is 8. The summed E-state index contributed by atoms with van der Waals surface area (Å²) in [6.45, 7) is 0.270. The summed E-state index contributed by atoms with van der Waals surface area (Å²) in [5.74, 6) is 1.52. The van der Waals surface area contributed by atoms with E-state index in [0.29, 0.717) is 44.7 Å². The first-order valence-corrected chi connectivity index (χ1v) is 10.4. The Labute approximate surface area is 195 Å². The third-order valence-corrected chi connectivity index (χ3v) is 5.38. The highest BCUT2D eigenvalue weighted by atomic mass is 35.5. The van der Waals surface area contributed by atoms with E-state index in [1.807, 2.05) is 18.2 Å². The lowest BCUT2D eigenvalue weighted by Crippen LogP contribution is -2.24. The number of nitrogens with zero attached hydrogens (tertiary/aromatic N) is 1. The topological polar surface area (TPSA) is 94.9 Å². The van der Waals surface area contributed by atoms with E-state index in [2.05, 4.69) is 15.6 Å². The minimum atomic E-state index is -0.360. The number of aromatic nitrogens is 1. The van der Waals surface area contributed by atoms with Gasteiger partial charge in [0.15, 0.2) is 11.5 Å². The summed E-state index contributed by atoms with van der Waals surface area (Å²) in [5, 5.41) is 7.36. The van der Waals surface area contributed by atoms with Gasteiger partial charge in [0.1, 0.15) is 17.1 Å². The maximum absolute atomic E-state index is 12.8. The normalized spacial score (nSPS) is 10.7. The van der Waals surface area contributed by atoms with Crippen LogP contribution in [0.15, 0.2) is 59.2 Å². The van der Waals surface area contributed by atoms with Gasteiger partial charge in [0, 0.05) is 35.5 Å². The molecule has 170 valence electrons. The van der Waals surface area contributed by atoms with Crippen molar-refractivity contribution in [2.45, 2.75) is 6.54 Å². The molecule has 0 unspecified atom stereocenters. The zero-order valence-electron chi connectivity index (χ0n) is 18.3. The number of carbonyl (C=O) groups excluding carboxylic acids is 1. The predicted molar refractivity (Wildman–Crippen MR) is 126 cm³/mol. The average molecular weight is 468 g/mol. The SMILES string of the molecule is COc1cc(Nc2nc(C(=O)NCc3ccccc3Cl)cc3occc23)cc(OC)c1OC. The fourth-order valence-corrected chi connectivity index (χ4v) is 3.58. The zero-order chi connectivity index (χ0) is 23.4. The number of nitrogens with one attached hydrogen (secondary N) is 2. The van der Waals surface area contributed by atoms with Crippen molar-refractivity contribution in [3.8, 4) is 17.2 Å². The quantitative estimate of drug-likeness (QED) is 0.368. The van der Waals surface area contributed by atoms with Gasteiger partial charge in [0.05, 0.1) is 33.0 Å². The molecule has 1 amide bonds. The number of amides is 1. The fraction of sp³-hybridized carbons (Fsp3) is 0.167. The Hall–Kier alpha value is -3.91. The largest absolute Gasteiger partial charge is 0.493 e. The van der Waals surface area contributed by atoms with Gasteiger partial charge in [-0.2, -0.15) is 0 Å². The van der Waals surface area contributed by atoms with Gasteiger partial charge in [-0.3, -0.25) is 4.79 Å². The van der Waals surface area contributed by atoms with Crippen LogP contribution in [0.25, 0.3) is 11.0 Å². The van der Waals surface area contributed by atoms with E-state index in [0.717, 1.165) is 5.56 Å². The van der Waals surface area contributed by atoms with Gasteiger partial charge >= 0.3 is 0 Å². The lowest BCUT2D eigenvalue weighted by molar-refractivity contribution is 0.0946. The molecule has 4 rings (SSSR count). The van der Waals surface area contributed by atoms with Crippen LogP contribution in [0.2, 0.25) is 5.02 Å². The molecule has 0 aliphatic rings. The molecule has 0 saturated heterocycles. The van der Waals surface area contributed by atoms with E-state index < -0.39 is 0 Å². The lowest BCUT2D eigenvalue weighted by Gasteiger charge is -2.15. The maximum Gasteiger partial charge on any atom is 0.270 e. The third kappa shape index (κ3) is 4.65. The first kappa shape index (κ1) is 22.3. The van der Waals surface area contributed by atoms with Crippen LogP contribution in [-0.4, -0.2) is 32.2 Å². The maximum atomic E-state index is 12.8. The van der Waals surface area contributed by atoms with Crippen LogP contribution in [0.1, 0.15) is 16.1 Å². The highest BCUT2D eigenvalue weighted by molar-refractivity contribution is 6.31. The minimum Gasteiger partial charge on any atom is -0.493 e. The second-order valence-electron chi connectivity index (χ2n) is 7.00. The number of anilines is 2. The summed E-state index contributed by atoms with van der Waals surface area (Å²) in [6, 6.07) is 14.2. The Kier molecular flexibility index (Phi) is 6.55. The molecule has 0 atom stereocenters. The van der Waals surface area contributed by atoms with Gasteiger partial charge in [0.25, 0.3) is 5.91 Å². The number of benzene rings is 2. The van der Waals surface area contributed by atoms with E-state index >= 15 is 0 Å². The molecule has 33 heavy (non-hydrogen) atoms. The molecule has 4 aromatic rings. The Morgan fingerprint density at radius 1 is 1.03 bits per heavy atom. The third-order valence-electron chi connectivity index (χ3n) is 5.01. The lowest BCUT2D eigenvalue weighted by atomic mass is 10.2. The summed E-state index contributed by atoms with van der Waals surface area (Å²) in [6.07, 6.45) is 1.54. The van der Waals surface area contributed by atoms with E-state index in [9.17, 15) is 4.79 Å². The van der Waals surface area contributed by atoms with Crippen molar-refractivity contribution in [2.75, 3.05) is 26.6 Å². The van der Waals surface area contributed by atoms with Crippen molar-refractivity contribution in [3.05, 3.63) is 71.1 Å². The monoisotopic (exact) mass is 467 g/mol. The molecule has 2 heterocycles. The van der Waals surface area contributed by atoms with E-state index in [-0.39, 0.29) is 18.1 Å². The number of carbonyl (C=O) groups is 1. The number of hydrogen-bond acceptors (Lipinski definition) is 7. The number of methoxy groups -OCH3 is 3. The van der Waals surface area contributed by atoms with Crippen LogP contribution < -0.4 is 24.8 Å². The van der Waals surface area contributed by atoms with E-state index in [4.69, 9.17) is 30.2 Å². The standard InChI is InChI=1S/C24H22ClN3O5/c1-30-20-10-15(11-21(31-2)22(20)32-3)27-23-16-8-9-33-19(16)12-18(28-23)24(29)26-13-14-6-4-5-7-17(14)25/h4-12H,13H2,1-3H3,(H,26,29)(H,27,28). The zero-order valence-corrected chi connectivity index (χ0v) is 19.0. The molecule has 0 aliphatic carbocycles. The Balaban J connectivity index is 1.64. The van der Waals surface area contributed by atoms with E-state index in [1.54, 1.807) is 30.3 Å². The Bertz CT molecular complexity index is 1280. The molecule has 2 N–H and O–H groups in total. The molecule has 0 radical (unpaired) electrons. The first-order chi connectivity index (χ1) is 16.0. The van der Waals surface area contributed by atoms with Gasteiger partial charge in [0.2, 0.25) is 5.75 Å². The van der Waals surface area contributed by atoms with Crippen molar-refractivity contribution in [3.63, 3.8) is 0 Å². The number of halogens is 1.